The van der Waals surface area contributed by atoms with Gasteiger partial charge in [-0.2, -0.15) is 4.31 Å². The number of nitrogens with two attached hydrogens (primary N) is 1. The SMILES string of the molecule is CC(=O)NC1CCN(S(=O)(=O)c2ccc(Cl)cc2N)C1. The number of hydrogen-bond acceptors (Lipinski definition) is 4. The zero-order chi connectivity index (χ0) is 14.9. The van der Waals surface area contributed by atoms with Gasteiger partial charge in [0.15, 0.2) is 0 Å². The summed E-state index contributed by atoms with van der Waals surface area (Å²) in [6.45, 7) is 2.02. The molecule has 1 amide bonds. The molecule has 3 N–H and O–H groups in total. The van der Waals surface area contributed by atoms with Crippen LogP contribution < -0.4 is 11.1 Å². The molecule has 1 heterocycles. The smallest absolute Gasteiger partial charge is 0.245 e. The first-order chi connectivity index (χ1) is 9.30. The second kappa shape index (κ2) is 5.59. The molecule has 20 heavy (non-hydrogen) atoms. The summed E-state index contributed by atoms with van der Waals surface area (Å²) < 4.78 is 26.3. The molecule has 8 heteroatoms. The molecule has 0 bridgehead atoms. The summed E-state index contributed by atoms with van der Waals surface area (Å²) in [6.07, 6.45) is 0.590. The van der Waals surface area contributed by atoms with Crippen molar-refractivity contribution < 1.29 is 13.2 Å². The number of sulfonamides is 1. The van der Waals surface area contributed by atoms with Crippen molar-refractivity contribution >= 4 is 33.2 Å². The van der Waals surface area contributed by atoms with E-state index in [0.29, 0.717) is 18.0 Å². The van der Waals surface area contributed by atoms with E-state index in [1.165, 1.54) is 29.4 Å². The highest BCUT2D eigenvalue weighted by Crippen LogP contribution is 2.27. The highest BCUT2D eigenvalue weighted by molar-refractivity contribution is 7.89. The van der Waals surface area contributed by atoms with Crippen molar-refractivity contribution in [3.63, 3.8) is 0 Å². The lowest BCUT2D eigenvalue weighted by atomic mass is 10.3. The third-order valence-corrected chi connectivity index (χ3v) is 5.32. The number of carbonyl (C=O) groups excluding carboxylic acids is 1. The highest BCUT2D eigenvalue weighted by atomic mass is 35.5. The van der Waals surface area contributed by atoms with Gasteiger partial charge in [0.1, 0.15) is 4.90 Å². The average Bonchev–Trinajstić information content (AvgIpc) is 2.76. The number of nitrogen functional groups attached to an aromatic ring is 1. The van der Waals surface area contributed by atoms with E-state index in [2.05, 4.69) is 5.32 Å². The van der Waals surface area contributed by atoms with Crippen LogP contribution in [0.25, 0.3) is 0 Å². The van der Waals surface area contributed by atoms with Gasteiger partial charge in [-0.1, -0.05) is 11.6 Å². The summed E-state index contributed by atoms with van der Waals surface area (Å²) in [4.78, 5) is 11.1. The van der Waals surface area contributed by atoms with E-state index in [0.717, 1.165) is 0 Å². The van der Waals surface area contributed by atoms with E-state index in [9.17, 15) is 13.2 Å². The first-order valence-corrected chi connectivity index (χ1v) is 7.95. The van der Waals surface area contributed by atoms with Crippen LogP contribution in [0.5, 0.6) is 0 Å². The van der Waals surface area contributed by atoms with Crippen LogP contribution in [-0.2, 0) is 14.8 Å². The summed E-state index contributed by atoms with van der Waals surface area (Å²) in [5.41, 5.74) is 5.86. The standard InChI is InChI=1S/C12H16ClN3O3S/c1-8(17)15-10-4-5-16(7-10)20(18,19)12-3-2-9(13)6-11(12)14/h2-3,6,10H,4-5,7,14H2,1H3,(H,15,17). The fraction of sp³-hybridized carbons (Fsp3) is 0.417. The van der Waals surface area contributed by atoms with E-state index >= 15 is 0 Å². The third-order valence-electron chi connectivity index (χ3n) is 3.15. The van der Waals surface area contributed by atoms with Crippen LogP contribution in [0.15, 0.2) is 23.1 Å². The molecule has 0 aliphatic carbocycles. The Morgan fingerprint density at radius 3 is 2.80 bits per heavy atom. The topological polar surface area (TPSA) is 92.5 Å². The number of nitrogens with one attached hydrogen (secondary N) is 1. The van der Waals surface area contributed by atoms with Crippen LogP contribution in [0.1, 0.15) is 13.3 Å². The number of nitrogens with zero attached hydrogens (tertiary/aromatic N) is 1. The molecule has 1 aromatic rings. The van der Waals surface area contributed by atoms with Crippen LogP contribution in [-0.4, -0.2) is 37.8 Å². The van der Waals surface area contributed by atoms with Crippen molar-refractivity contribution in [2.45, 2.75) is 24.3 Å². The summed E-state index contributed by atoms with van der Waals surface area (Å²) in [6, 6.07) is 4.15. The Morgan fingerprint density at radius 1 is 1.50 bits per heavy atom. The van der Waals surface area contributed by atoms with Crippen molar-refractivity contribution in [1.29, 1.82) is 0 Å². The van der Waals surface area contributed by atoms with Gasteiger partial charge in [-0.15, -0.1) is 0 Å². The van der Waals surface area contributed by atoms with E-state index in [-0.39, 0.29) is 29.1 Å². The summed E-state index contributed by atoms with van der Waals surface area (Å²) in [5, 5.41) is 3.11. The van der Waals surface area contributed by atoms with E-state index in [4.69, 9.17) is 17.3 Å². The number of carbonyl (C=O) groups is 1. The van der Waals surface area contributed by atoms with E-state index < -0.39 is 10.0 Å². The number of halogens is 1. The maximum atomic E-state index is 12.5. The van der Waals surface area contributed by atoms with Gasteiger partial charge in [-0.25, -0.2) is 8.42 Å². The average molecular weight is 318 g/mol. The minimum atomic E-state index is -3.66. The molecular weight excluding hydrogens is 302 g/mol. The van der Waals surface area contributed by atoms with Gasteiger partial charge in [-0.3, -0.25) is 4.79 Å². The molecule has 1 atom stereocenters. The largest absolute Gasteiger partial charge is 0.398 e. The molecular formula is C12H16ClN3O3S. The van der Waals surface area contributed by atoms with Crippen molar-refractivity contribution in [1.82, 2.24) is 9.62 Å². The lowest BCUT2D eigenvalue weighted by Gasteiger charge is -2.18. The zero-order valence-corrected chi connectivity index (χ0v) is 12.5. The lowest BCUT2D eigenvalue weighted by Crippen LogP contribution is -2.37. The monoisotopic (exact) mass is 317 g/mol. The quantitative estimate of drug-likeness (QED) is 0.807. The predicted octanol–water partition coefficient (Wildman–Crippen LogP) is 0.821. The van der Waals surface area contributed by atoms with Crippen LogP contribution in [0.4, 0.5) is 5.69 Å². The Bertz CT molecular complexity index is 633. The molecule has 1 saturated heterocycles. The Labute approximate surface area is 122 Å². The van der Waals surface area contributed by atoms with Crippen LogP contribution >= 0.6 is 11.6 Å². The molecule has 0 saturated carbocycles. The summed E-state index contributed by atoms with van der Waals surface area (Å²) >= 11 is 5.77. The zero-order valence-electron chi connectivity index (χ0n) is 11.0. The number of amides is 1. The number of anilines is 1. The Kier molecular flexibility index (Phi) is 4.22. The molecule has 0 radical (unpaired) electrons. The van der Waals surface area contributed by atoms with Gasteiger partial charge in [-0.05, 0) is 24.6 Å². The first-order valence-electron chi connectivity index (χ1n) is 6.13. The molecule has 1 aromatic carbocycles. The second-order valence-electron chi connectivity index (χ2n) is 4.73. The highest BCUT2D eigenvalue weighted by Gasteiger charge is 2.33. The van der Waals surface area contributed by atoms with Crippen LogP contribution in [0, 0.1) is 0 Å². The molecule has 6 nitrogen and oxygen atoms in total. The van der Waals surface area contributed by atoms with Gasteiger partial charge in [0.25, 0.3) is 0 Å². The second-order valence-corrected chi connectivity index (χ2v) is 7.07. The Balaban J connectivity index is 2.21. The molecule has 1 unspecified atom stereocenters. The maximum Gasteiger partial charge on any atom is 0.245 e. The molecule has 1 aliphatic rings. The minimum Gasteiger partial charge on any atom is -0.398 e. The summed E-state index contributed by atoms with van der Waals surface area (Å²) in [5.74, 6) is -0.166. The fourth-order valence-corrected chi connectivity index (χ4v) is 4.02. The minimum absolute atomic E-state index is 0.0466. The first kappa shape index (κ1) is 15.1. The Hall–Kier alpha value is -1.31. The van der Waals surface area contributed by atoms with Crippen LogP contribution in [0.2, 0.25) is 5.02 Å². The molecule has 110 valence electrons. The van der Waals surface area contributed by atoms with Crippen molar-refractivity contribution in [2.24, 2.45) is 0 Å². The number of hydrogen-bond donors (Lipinski definition) is 2. The van der Waals surface area contributed by atoms with E-state index in [1.807, 2.05) is 0 Å². The summed E-state index contributed by atoms with van der Waals surface area (Å²) in [7, 11) is -3.66. The van der Waals surface area contributed by atoms with Crippen molar-refractivity contribution in [2.75, 3.05) is 18.8 Å². The van der Waals surface area contributed by atoms with Gasteiger partial charge in [0.2, 0.25) is 15.9 Å². The fourth-order valence-electron chi connectivity index (χ4n) is 2.25. The normalized spacial score (nSPS) is 20.0. The molecule has 0 spiro atoms. The van der Waals surface area contributed by atoms with E-state index in [1.54, 1.807) is 0 Å². The maximum absolute atomic E-state index is 12.5. The van der Waals surface area contributed by atoms with Gasteiger partial charge < -0.3 is 11.1 Å². The lowest BCUT2D eigenvalue weighted by molar-refractivity contribution is -0.119. The molecule has 0 aromatic heterocycles. The molecule has 2 rings (SSSR count). The van der Waals surface area contributed by atoms with Gasteiger partial charge >= 0.3 is 0 Å². The van der Waals surface area contributed by atoms with Crippen molar-refractivity contribution in [3.8, 4) is 0 Å². The molecule has 1 aliphatic heterocycles. The number of benzene rings is 1. The number of rotatable bonds is 3. The predicted molar refractivity (Wildman–Crippen MR) is 76.8 cm³/mol. The third kappa shape index (κ3) is 3.05. The van der Waals surface area contributed by atoms with Gasteiger partial charge in [0.05, 0.1) is 5.69 Å². The van der Waals surface area contributed by atoms with Gasteiger partial charge in [0, 0.05) is 31.1 Å². The Morgan fingerprint density at radius 2 is 2.20 bits per heavy atom. The molecule has 1 fully saturated rings. The van der Waals surface area contributed by atoms with Crippen LogP contribution in [0.3, 0.4) is 0 Å². The van der Waals surface area contributed by atoms with Crippen molar-refractivity contribution in [3.05, 3.63) is 23.2 Å².